The van der Waals surface area contributed by atoms with E-state index < -0.39 is 0 Å². The Hall–Kier alpha value is -2.08. The zero-order valence-electron chi connectivity index (χ0n) is 16.0. The fourth-order valence-corrected chi connectivity index (χ4v) is 4.26. The number of ether oxygens (including phenoxy) is 1. The fraction of sp³-hybridized carbons (Fsp3) is 0.409. The van der Waals surface area contributed by atoms with Crippen molar-refractivity contribution in [1.82, 2.24) is 5.01 Å². The van der Waals surface area contributed by atoms with Crippen molar-refractivity contribution in [2.75, 3.05) is 31.1 Å². The minimum absolute atomic E-state index is 0.267. The molecule has 2 aromatic carbocycles. The van der Waals surface area contributed by atoms with Crippen LogP contribution in [0.1, 0.15) is 28.7 Å². The zero-order valence-corrected chi connectivity index (χ0v) is 16.8. The zero-order chi connectivity index (χ0) is 19.5. The van der Waals surface area contributed by atoms with Crippen LogP contribution in [-0.2, 0) is 30.4 Å². The number of carbonyl (C=O) groups excluding carboxylic acids is 1. The van der Waals surface area contributed by atoms with Crippen LogP contribution in [0.2, 0.25) is 5.02 Å². The molecule has 2 heterocycles. The number of nitrogens with two attached hydrogens (primary N) is 1. The molecule has 0 aliphatic carbocycles. The molecule has 0 bridgehead atoms. The molecule has 2 aromatic rings. The summed E-state index contributed by atoms with van der Waals surface area (Å²) in [5, 5.41) is 2.58. The van der Waals surface area contributed by atoms with Crippen molar-refractivity contribution in [3.63, 3.8) is 0 Å². The largest absolute Gasteiger partial charge is 0.449 e. The van der Waals surface area contributed by atoms with Crippen LogP contribution in [0.25, 0.3) is 0 Å². The Bertz CT molecular complexity index is 871. The normalized spacial score (nSPS) is 16.9. The highest BCUT2D eigenvalue weighted by Crippen LogP contribution is 2.32. The van der Waals surface area contributed by atoms with E-state index in [1.165, 1.54) is 16.7 Å². The molecular formula is C22H26ClN3O2. The second-order valence-corrected chi connectivity index (χ2v) is 7.97. The van der Waals surface area contributed by atoms with Gasteiger partial charge in [0.15, 0.2) is 0 Å². The molecule has 2 aliphatic rings. The van der Waals surface area contributed by atoms with Gasteiger partial charge in [-0.3, -0.25) is 10.7 Å². The van der Waals surface area contributed by atoms with Crippen LogP contribution in [0.15, 0.2) is 36.4 Å². The van der Waals surface area contributed by atoms with E-state index in [0.29, 0.717) is 24.6 Å². The third kappa shape index (κ3) is 4.32. The van der Waals surface area contributed by atoms with Crippen LogP contribution in [-0.4, -0.2) is 37.3 Å². The van der Waals surface area contributed by atoms with Crippen molar-refractivity contribution in [3.8, 4) is 0 Å². The summed E-state index contributed by atoms with van der Waals surface area (Å²) in [5.41, 5.74) is 5.97. The first-order valence-electron chi connectivity index (χ1n) is 9.93. The van der Waals surface area contributed by atoms with Gasteiger partial charge in [-0.25, -0.2) is 9.80 Å². The number of anilines is 1. The van der Waals surface area contributed by atoms with Gasteiger partial charge in [-0.05, 0) is 66.1 Å². The van der Waals surface area contributed by atoms with Crippen molar-refractivity contribution in [2.24, 2.45) is 5.84 Å². The van der Waals surface area contributed by atoms with Crippen molar-refractivity contribution in [1.29, 1.82) is 0 Å². The number of hydrazine groups is 1. The number of hydrogen-bond donors (Lipinski definition) is 1. The molecule has 0 unspecified atom stereocenters. The molecule has 4 rings (SSSR count). The van der Waals surface area contributed by atoms with E-state index in [9.17, 15) is 4.79 Å². The van der Waals surface area contributed by atoms with Gasteiger partial charge in [-0.2, -0.15) is 0 Å². The van der Waals surface area contributed by atoms with E-state index in [2.05, 4.69) is 12.1 Å². The summed E-state index contributed by atoms with van der Waals surface area (Å²) < 4.78 is 5.58. The van der Waals surface area contributed by atoms with Gasteiger partial charge in [0.25, 0.3) is 0 Å². The Morgan fingerprint density at radius 3 is 2.61 bits per heavy atom. The van der Waals surface area contributed by atoms with E-state index in [1.54, 1.807) is 4.90 Å². The molecule has 28 heavy (non-hydrogen) atoms. The number of halogens is 1. The van der Waals surface area contributed by atoms with Gasteiger partial charge in [0.05, 0.1) is 12.3 Å². The molecule has 0 saturated carbocycles. The van der Waals surface area contributed by atoms with Gasteiger partial charge >= 0.3 is 6.09 Å². The number of fused-ring (bicyclic) bond motifs is 2. The lowest BCUT2D eigenvalue weighted by Crippen LogP contribution is -2.36. The molecule has 2 N–H and O–H groups in total. The first kappa shape index (κ1) is 19.2. The number of benzene rings is 2. The lowest BCUT2D eigenvalue weighted by Gasteiger charge is -2.30. The average Bonchev–Trinajstić information content (AvgIpc) is 2.87. The molecule has 0 radical (unpaired) electrons. The molecule has 0 spiro atoms. The number of aryl methyl sites for hydroxylation is 1. The fourth-order valence-electron chi connectivity index (χ4n) is 4.05. The molecular weight excluding hydrogens is 374 g/mol. The van der Waals surface area contributed by atoms with Crippen LogP contribution in [0.5, 0.6) is 0 Å². The summed E-state index contributed by atoms with van der Waals surface area (Å²) in [6.45, 7) is 2.76. The van der Waals surface area contributed by atoms with Gasteiger partial charge in [-0.1, -0.05) is 29.8 Å². The van der Waals surface area contributed by atoms with E-state index in [-0.39, 0.29) is 6.09 Å². The predicted octanol–water partition coefficient (Wildman–Crippen LogP) is 3.75. The maximum absolute atomic E-state index is 12.8. The van der Waals surface area contributed by atoms with Crippen molar-refractivity contribution in [3.05, 3.63) is 63.7 Å². The van der Waals surface area contributed by atoms with Crippen LogP contribution < -0.4 is 10.7 Å². The Labute approximate surface area is 171 Å². The molecule has 2 aliphatic heterocycles. The average molecular weight is 400 g/mol. The van der Waals surface area contributed by atoms with E-state index in [0.717, 1.165) is 50.0 Å². The molecule has 0 saturated heterocycles. The van der Waals surface area contributed by atoms with Gasteiger partial charge in [0.1, 0.15) is 0 Å². The van der Waals surface area contributed by atoms with E-state index in [1.807, 2.05) is 29.3 Å². The van der Waals surface area contributed by atoms with Crippen LogP contribution in [0.3, 0.4) is 0 Å². The Morgan fingerprint density at radius 2 is 1.82 bits per heavy atom. The SMILES string of the molecule is NN1CCc2cc3c(cc2CC1)N(C(=O)OCCc1cccc(Cl)c1)CCC3. The summed E-state index contributed by atoms with van der Waals surface area (Å²) in [7, 11) is 0. The Balaban J connectivity index is 1.45. The number of hydrogen-bond acceptors (Lipinski definition) is 4. The molecule has 148 valence electrons. The van der Waals surface area contributed by atoms with E-state index in [4.69, 9.17) is 22.2 Å². The Morgan fingerprint density at radius 1 is 1.04 bits per heavy atom. The Kier molecular flexibility index (Phi) is 5.85. The van der Waals surface area contributed by atoms with Crippen LogP contribution >= 0.6 is 11.6 Å². The highest BCUT2D eigenvalue weighted by atomic mass is 35.5. The molecule has 0 aromatic heterocycles. The van der Waals surface area contributed by atoms with Crippen LogP contribution in [0.4, 0.5) is 10.5 Å². The van der Waals surface area contributed by atoms with Gasteiger partial charge in [0.2, 0.25) is 0 Å². The maximum Gasteiger partial charge on any atom is 0.414 e. The summed E-state index contributed by atoms with van der Waals surface area (Å²) in [4.78, 5) is 14.5. The smallest absolute Gasteiger partial charge is 0.414 e. The molecule has 0 fully saturated rings. The predicted molar refractivity (Wildman–Crippen MR) is 112 cm³/mol. The van der Waals surface area contributed by atoms with Crippen LogP contribution in [0, 0.1) is 0 Å². The van der Waals surface area contributed by atoms with Gasteiger partial charge in [-0.15, -0.1) is 0 Å². The van der Waals surface area contributed by atoms with Crippen molar-refractivity contribution < 1.29 is 9.53 Å². The topological polar surface area (TPSA) is 58.8 Å². The lowest BCUT2D eigenvalue weighted by molar-refractivity contribution is 0.154. The summed E-state index contributed by atoms with van der Waals surface area (Å²) in [5.74, 6) is 6.00. The standard InChI is InChI=1S/C22H26ClN3O2/c23-20-5-1-3-16(13-20)8-12-28-22(27)26-9-2-4-19-14-17-6-10-25(24)11-7-18(17)15-21(19)26/h1,3,5,13-15H,2,4,6-12,24H2. The molecule has 1 amide bonds. The summed E-state index contributed by atoms with van der Waals surface area (Å²) in [6, 6.07) is 12.1. The second-order valence-electron chi connectivity index (χ2n) is 7.54. The second kappa shape index (κ2) is 8.52. The monoisotopic (exact) mass is 399 g/mol. The quantitative estimate of drug-likeness (QED) is 0.798. The first-order chi connectivity index (χ1) is 13.6. The van der Waals surface area contributed by atoms with Crippen molar-refractivity contribution in [2.45, 2.75) is 32.1 Å². The minimum Gasteiger partial charge on any atom is -0.449 e. The maximum atomic E-state index is 12.8. The summed E-state index contributed by atoms with van der Waals surface area (Å²) in [6.07, 6.45) is 4.22. The number of rotatable bonds is 3. The number of carbonyl (C=O) groups is 1. The summed E-state index contributed by atoms with van der Waals surface area (Å²) >= 11 is 6.02. The molecule has 5 nitrogen and oxygen atoms in total. The molecule has 0 atom stereocenters. The van der Waals surface area contributed by atoms with E-state index >= 15 is 0 Å². The van der Waals surface area contributed by atoms with Gasteiger partial charge in [0, 0.05) is 31.1 Å². The molecule has 6 heteroatoms. The first-order valence-corrected chi connectivity index (χ1v) is 10.3. The number of nitrogens with zero attached hydrogens (tertiary/aromatic N) is 2. The third-order valence-electron chi connectivity index (χ3n) is 5.58. The lowest BCUT2D eigenvalue weighted by atomic mass is 9.93. The highest BCUT2D eigenvalue weighted by molar-refractivity contribution is 6.30. The third-order valence-corrected chi connectivity index (χ3v) is 5.82. The van der Waals surface area contributed by atoms with Gasteiger partial charge < -0.3 is 4.74 Å². The minimum atomic E-state index is -0.267. The van der Waals surface area contributed by atoms with Crippen molar-refractivity contribution >= 4 is 23.4 Å². The highest BCUT2D eigenvalue weighted by Gasteiger charge is 2.26. The number of amides is 1.